The quantitative estimate of drug-likeness (QED) is 0.459. The highest BCUT2D eigenvalue weighted by Gasteiger charge is 2.24. The smallest absolute Gasteiger partial charge is 0.255 e. The number of nitrogens with one attached hydrogen (secondary N) is 1. The van der Waals surface area contributed by atoms with E-state index in [-0.39, 0.29) is 17.8 Å². The van der Waals surface area contributed by atoms with E-state index in [4.69, 9.17) is 18.9 Å². The van der Waals surface area contributed by atoms with Gasteiger partial charge < -0.3 is 29.2 Å². The van der Waals surface area contributed by atoms with E-state index in [1.807, 2.05) is 49.1 Å². The van der Waals surface area contributed by atoms with Crippen molar-refractivity contribution in [3.63, 3.8) is 0 Å². The molecule has 0 radical (unpaired) electrons. The van der Waals surface area contributed by atoms with Crippen LogP contribution >= 0.6 is 0 Å². The first kappa shape index (κ1) is 25.3. The van der Waals surface area contributed by atoms with E-state index < -0.39 is 11.7 Å². The first-order valence-corrected chi connectivity index (χ1v) is 11.8. The second-order valence-corrected chi connectivity index (χ2v) is 8.77. The molecule has 8 heteroatoms. The number of anilines is 2. The van der Waals surface area contributed by atoms with Crippen molar-refractivity contribution >= 4 is 17.3 Å². The number of amides is 1. The van der Waals surface area contributed by atoms with Gasteiger partial charge in [0, 0.05) is 24.3 Å². The Morgan fingerprint density at radius 2 is 1.64 bits per heavy atom. The van der Waals surface area contributed by atoms with Crippen LogP contribution < -0.4 is 24.4 Å². The standard InChI is InChI=1S/C28H31FN2O5/c1-18-15-31(16-19(2)36-18)24-11-10-22(14-23(24)29)30-28(32)21-12-25(33-3)27(26(13-21)34-4)35-17-20-8-6-5-7-9-20/h5-14,18-19H,15-17H2,1-4H3,(H,30,32). The Morgan fingerprint density at radius 3 is 2.22 bits per heavy atom. The summed E-state index contributed by atoms with van der Waals surface area (Å²) in [6.45, 7) is 5.45. The third kappa shape index (κ3) is 5.88. The van der Waals surface area contributed by atoms with Crippen LogP contribution in [0.2, 0.25) is 0 Å². The number of ether oxygens (including phenoxy) is 4. The molecule has 1 aliphatic heterocycles. The van der Waals surface area contributed by atoms with E-state index >= 15 is 0 Å². The minimum Gasteiger partial charge on any atom is -0.493 e. The lowest BCUT2D eigenvalue weighted by Crippen LogP contribution is -2.45. The van der Waals surface area contributed by atoms with Gasteiger partial charge >= 0.3 is 0 Å². The van der Waals surface area contributed by atoms with Crippen LogP contribution in [0.1, 0.15) is 29.8 Å². The molecule has 190 valence electrons. The number of halogens is 1. The third-order valence-electron chi connectivity index (χ3n) is 5.91. The van der Waals surface area contributed by atoms with E-state index in [1.165, 1.54) is 20.3 Å². The fourth-order valence-corrected chi connectivity index (χ4v) is 4.30. The van der Waals surface area contributed by atoms with Crippen LogP contribution in [0.5, 0.6) is 17.2 Å². The highest BCUT2D eigenvalue weighted by atomic mass is 19.1. The molecule has 1 amide bonds. The number of rotatable bonds is 8. The normalized spacial score (nSPS) is 17.4. The minimum atomic E-state index is -0.429. The predicted octanol–water partition coefficient (Wildman–Crippen LogP) is 5.29. The van der Waals surface area contributed by atoms with Crippen molar-refractivity contribution in [3.8, 4) is 17.2 Å². The molecular weight excluding hydrogens is 463 g/mol. The maximum atomic E-state index is 15.0. The van der Waals surface area contributed by atoms with Crippen LogP contribution in [0.15, 0.2) is 60.7 Å². The van der Waals surface area contributed by atoms with Crippen molar-refractivity contribution < 1.29 is 28.1 Å². The van der Waals surface area contributed by atoms with Gasteiger partial charge in [0.25, 0.3) is 5.91 Å². The van der Waals surface area contributed by atoms with Crippen LogP contribution in [0.4, 0.5) is 15.8 Å². The zero-order valence-electron chi connectivity index (χ0n) is 20.9. The largest absolute Gasteiger partial charge is 0.493 e. The highest BCUT2D eigenvalue weighted by molar-refractivity contribution is 6.05. The van der Waals surface area contributed by atoms with E-state index in [2.05, 4.69) is 5.32 Å². The van der Waals surface area contributed by atoms with Crippen LogP contribution in [0, 0.1) is 5.82 Å². The molecule has 7 nitrogen and oxygen atoms in total. The summed E-state index contributed by atoms with van der Waals surface area (Å²) in [6.07, 6.45) is 0.0225. The lowest BCUT2D eigenvalue weighted by atomic mass is 10.1. The van der Waals surface area contributed by atoms with Crippen molar-refractivity contribution in [1.82, 2.24) is 0 Å². The second kappa shape index (κ2) is 11.3. The molecule has 36 heavy (non-hydrogen) atoms. The van der Waals surface area contributed by atoms with Gasteiger partial charge in [0.2, 0.25) is 5.75 Å². The molecule has 3 aromatic carbocycles. The van der Waals surface area contributed by atoms with Crippen molar-refractivity contribution in [3.05, 3.63) is 77.6 Å². The number of hydrogen-bond acceptors (Lipinski definition) is 6. The van der Waals surface area contributed by atoms with Crippen LogP contribution in [-0.4, -0.2) is 45.4 Å². The molecule has 2 unspecified atom stereocenters. The van der Waals surface area contributed by atoms with Gasteiger partial charge in [0.05, 0.1) is 32.1 Å². The lowest BCUT2D eigenvalue weighted by Gasteiger charge is -2.37. The number of hydrogen-bond donors (Lipinski definition) is 1. The van der Waals surface area contributed by atoms with Crippen molar-refractivity contribution in [2.45, 2.75) is 32.7 Å². The van der Waals surface area contributed by atoms with E-state index in [9.17, 15) is 9.18 Å². The van der Waals surface area contributed by atoms with Gasteiger partial charge in [-0.2, -0.15) is 0 Å². The van der Waals surface area contributed by atoms with Crippen molar-refractivity contribution in [2.24, 2.45) is 0 Å². The molecular formula is C28H31FN2O5. The Morgan fingerprint density at radius 1 is 1.00 bits per heavy atom. The SMILES string of the molecule is COc1cc(C(=O)Nc2ccc(N3CC(C)OC(C)C3)c(F)c2)cc(OC)c1OCc1ccccc1. The molecule has 1 saturated heterocycles. The molecule has 3 aromatic rings. The Kier molecular flexibility index (Phi) is 7.95. The molecule has 0 spiro atoms. The Hall–Kier alpha value is -3.78. The zero-order valence-corrected chi connectivity index (χ0v) is 20.9. The maximum absolute atomic E-state index is 15.0. The van der Waals surface area contributed by atoms with Gasteiger partial charge in [-0.3, -0.25) is 4.79 Å². The van der Waals surface area contributed by atoms with Gasteiger partial charge in [-0.25, -0.2) is 4.39 Å². The molecule has 0 aromatic heterocycles. The molecule has 1 aliphatic rings. The van der Waals surface area contributed by atoms with Crippen LogP contribution in [0.25, 0.3) is 0 Å². The number of carbonyl (C=O) groups excluding carboxylic acids is 1. The summed E-state index contributed by atoms with van der Waals surface area (Å²) in [7, 11) is 2.99. The summed E-state index contributed by atoms with van der Waals surface area (Å²) in [5.41, 5.74) is 2.10. The second-order valence-electron chi connectivity index (χ2n) is 8.77. The monoisotopic (exact) mass is 494 g/mol. The number of carbonyl (C=O) groups is 1. The Labute approximate surface area is 210 Å². The number of morpholine rings is 1. The van der Waals surface area contributed by atoms with E-state index in [1.54, 1.807) is 24.3 Å². The average Bonchev–Trinajstić information content (AvgIpc) is 2.87. The van der Waals surface area contributed by atoms with Crippen LogP contribution in [-0.2, 0) is 11.3 Å². The summed E-state index contributed by atoms with van der Waals surface area (Å²) < 4.78 is 37.6. The summed E-state index contributed by atoms with van der Waals surface area (Å²) in [5.74, 6) is 0.265. The number of nitrogens with zero attached hydrogens (tertiary/aromatic N) is 1. The molecule has 1 heterocycles. The molecule has 0 saturated carbocycles. The molecule has 4 rings (SSSR count). The predicted molar refractivity (Wildman–Crippen MR) is 137 cm³/mol. The summed E-state index contributed by atoms with van der Waals surface area (Å²) in [6, 6.07) is 17.5. The van der Waals surface area contributed by atoms with Gasteiger partial charge in [0.1, 0.15) is 12.4 Å². The summed E-state index contributed by atoms with van der Waals surface area (Å²) in [4.78, 5) is 15.0. The first-order valence-electron chi connectivity index (χ1n) is 11.8. The average molecular weight is 495 g/mol. The van der Waals surface area contributed by atoms with Crippen molar-refractivity contribution in [2.75, 3.05) is 37.5 Å². The van der Waals surface area contributed by atoms with Crippen LogP contribution in [0.3, 0.4) is 0 Å². The lowest BCUT2D eigenvalue weighted by molar-refractivity contribution is -0.00539. The third-order valence-corrected chi connectivity index (χ3v) is 5.91. The van der Waals surface area contributed by atoms with Gasteiger partial charge in [-0.1, -0.05) is 30.3 Å². The van der Waals surface area contributed by atoms with Gasteiger partial charge in [0.15, 0.2) is 11.5 Å². The minimum absolute atomic E-state index is 0.0112. The molecule has 1 fully saturated rings. The fourth-order valence-electron chi connectivity index (χ4n) is 4.30. The number of benzene rings is 3. The molecule has 1 N–H and O–H groups in total. The molecule has 2 atom stereocenters. The molecule has 0 aliphatic carbocycles. The topological polar surface area (TPSA) is 69.3 Å². The summed E-state index contributed by atoms with van der Waals surface area (Å²) in [5, 5.41) is 2.75. The fraction of sp³-hybridized carbons (Fsp3) is 0.321. The number of methoxy groups -OCH3 is 2. The first-order chi connectivity index (χ1) is 17.4. The Bertz CT molecular complexity index is 1170. The van der Waals surface area contributed by atoms with Gasteiger partial charge in [-0.05, 0) is 49.7 Å². The molecule has 0 bridgehead atoms. The van der Waals surface area contributed by atoms with E-state index in [0.29, 0.717) is 48.3 Å². The Balaban J connectivity index is 1.50. The summed E-state index contributed by atoms with van der Waals surface area (Å²) >= 11 is 0. The van der Waals surface area contributed by atoms with Gasteiger partial charge in [-0.15, -0.1) is 0 Å². The maximum Gasteiger partial charge on any atom is 0.255 e. The van der Waals surface area contributed by atoms with Crippen molar-refractivity contribution in [1.29, 1.82) is 0 Å². The van der Waals surface area contributed by atoms with E-state index in [0.717, 1.165) is 5.56 Å². The highest BCUT2D eigenvalue weighted by Crippen LogP contribution is 2.39. The zero-order chi connectivity index (χ0) is 25.7.